The minimum absolute atomic E-state index is 0.142. The summed E-state index contributed by atoms with van der Waals surface area (Å²) in [5.41, 5.74) is -0.547. The van der Waals surface area contributed by atoms with Crippen LogP contribution >= 0.6 is 0 Å². The molecule has 0 amide bonds. The van der Waals surface area contributed by atoms with E-state index in [1.54, 1.807) is 0 Å². The third kappa shape index (κ3) is 4.74. The van der Waals surface area contributed by atoms with Gasteiger partial charge < -0.3 is 15.0 Å². The first-order valence-corrected chi connectivity index (χ1v) is 8.13. The predicted octanol–water partition coefficient (Wildman–Crippen LogP) is 2.04. The molecule has 2 aliphatic rings. The first kappa shape index (κ1) is 15.8. The number of carbonyl (C=O) groups excluding carboxylic acids is 1. The van der Waals surface area contributed by atoms with Gasteiger partial charge in [-0.05, 0) is 57.4 Å². The van der Waals surface area contributed by atoms with Crippen LogP contribution in [0, 0.1) is 11.8 Å². The number of methoxy groups -OCH3 is 1. The number of nitrogens with one attached hydrogen (secondary N) is 1. The number of nitrogens with zero attached hydrogens (tertiary/aromatic N) is 1. The lowest BCUT2D eigenvalue weighted by Gasteiger charge is -2.31. The molecule has 0 heterocycles. The Morgan fingerprint density at radius 3 is 2.20 bits per heavy atom. The maximum atomic E-state index is 12.0. The van der Waals surface area contributed by atoms with E-state index in [4.69, 9.17) is 4.74 Å². The lowest BCUT2D eigenvalue weighted by atomic mass is 9.97. The zero-order chi connectivity index (χ0) is 14.6. The maximum Gasteiger partial charge on any atom is 0.325 e. The fraction of sp³-hybridized carbons (Fsp3) is 0.938. The molecule has 2 saturated carbocycles. The summed E-state index contributed by atoms with van der Waals surface area (Å²) < 4.78 is 4.97. The molecule has 0 saturated heterocycles. The molecule has 2 aliphatic carbocycles. The molecular weight excluding hydrogens is 252 g/mol. The number of rotatable bonds is 10. The van der Waals surface area contributed by atoms with E-state index >= 15 is 0 Å². The van der Waals surface area contributed by atoms with Crippen molar-refractivity contribution in [3.63, 3.8) is 0 Å². The van der Waals surface area contributed by atoms with Gasteiger partial charge in [-0.15, -0.1) is 0 Å². The summed E-state index contributed by atoms with van der Waals surface area (Å²) in [7, 11) is 1.48. The molecule has 2 fully saturated rings. The summed E-state index contributed by atoms with van der Waals surface area (Å²) >= 11 is 0. The van der Waals surface area contributed by atoms with Crippen LogP contribution in [0.3, 0.4) is 0 Å². The second-order valence-corrected chi connectivity index (χ2v) is 6.75. The quantitative estimate of drug-likeness (QED) is 0.623. The monoisotopic (exact) mass is 282 g/mol. The van der Waals surface area contributed by atoms with Crippen LogP contribution < -0.4 is 5.32 Å². The van der Waals surface area contributed by atoms with E-state index in [0.717, 1.165) is 31.3 Å². The first-order chi connectivity index (χ1) is 9.57. The van der Waals surface area contributed by atoms with Gasteiger partial charge in [0.05, 0.1) is 7.11 Å². The van der Waals surface area contributed by atoms with Gasteiger partial charge in [0, 0.05) is 19.6 Å². The molecule has 0 aromatic heterocycles. The van der Waals surface area contributed by atoms with Gasteiger partial charge in [-0.3, -0.25) is 4.79 Å². The third-order valence-corrected chi connectivity index (χ3v) is 4.56. The Balaban J connectivity index is 1.84. The van der Waals surface area contributed by atoms with Crippen LogP contribution in [-0.4, -0.2) is 49.7 Å². The highest BCUT2D eigenvalue weighted by Gasteiger charge is 2.35. The molecule has 4 heteroatoms. The average Bonchev–Trinajstić information content (AvgIpc) is 3.31. The molecule has 0 spiro atoms. The van der Waals surface area contributed by atoms with Crippen molar-refractivity contribution in [3.05, 3.63) is 0 Å². The molecule has 116 valence electrons. The van der Waals surface area contributed by atoms with E-state index in [2.05, 4.69) is 10.2 Å². The van der Waals surface area contributed by atoms with E-state index in [1.165, 1.54) is 45.9 Å². The average molecular weight is 282 g/mol. The molecule has 1 unspecified atom stereocenters. The van der Waals surface area contributed by atoms with Crippen LogP contribution in [0.5, 0.6) is 0 Å². The number of esters is 1. The van der Waals surface area contributed by atoms with Crippen molar-refractivity contribution in [1.29, 1.82) is 0 Å². The number of carbonyl (C=O) groups is 1. The van der Waals surface area contributed by atoms with Gasteiger partial charge in [-0.25, -0.2) is 0 Å². The van der Waals surface area contributed by atoms with E-state index < -0.39 is 5.54 Å². The minimum Gasteiger partial charge on any atom is -0.468 e. The summed E-state index contributed by atoms with van der Waals surface area (Å²) in [6.07, 6.45) is 6.39. The van der Waals surface area contributed by atoms with Gasteiger partial charge >= 0.3 is 5.97 Å². The normalized spacial score (nSPS) is 21.8. The van der Waals surface area contributed by atoms with Crippen LogP contribution in [0.1, 0.15) is 46.0 Å². The summed E-state index contributed by atoms with van der Waals surface area (Å²) in [4.78, 5) is 14.6. The molecule has 0 bridgehead atoms. The van der Waals surface area contributed by atoms with Crippen molar-refractivity contribution in [2.45, 2.75) is 51.5 Å². The Labute approximate surface area is 123 Å². The minimum atomic E-state index is -0.547. The third-order valence-electron chi connectivity index (χ3n) is 4.56. The van der Waals surface area contributed by atoms with Crippen molar-refractivity contribution < 1.29 is 9.53 Å². The highest BCUT2D eigenvalue weighted by atomic mass is 16.5. The highest BCUT2D eigenvalue weighted by molar-refractivity contribution is 5.80. The predicted molar refractivity (Wildman–Crippen MR) is 80.6 cm³/mol. The van der Waals surface area contributed by atoms with Gasteiger partial charge in [-0.2, -0.15) is 0 Å². The van der Waals surface area contributed by atoms with Gasteiger partial charge in [0.1, 0.15) is 5.54 Å². The lowest BCUT2D eigenvalue weighted by molar-refractivity contribution is -0.148. The maximum absolute atomic E-state index is 12.0. The highest BCUT2D eigenvalue weighted by Crippen LogP contribution is 2.34. The zero-order valence-corrected chi connectivity index (χ0v) is 13.3. The van der Waals surface area contributed by atoms with Crippen molar-refractivity contribution in [2.24, 2.45) is 11.8 Å². The van der Waals surface area contributed by atoms with Crippen LogP contribution in [0.25, 0.3) is 0 Å². The first-order valence-electron chi connectivity index (χ1n) is 8.13. The Morgan fingerprint density at radius 2 is 1.80 bits per heavy atom. The van der Waals surface area contributed by atoms with E-state index in [-0.39, 0.29) is 5.97 Å². The van der Waals surface area contributed by atoms with Crippen LogP contribution in [0.4, 0.5) is 0 Å². The van der Waals surface area contributed by atoms with Gasteiger partial charge in [0.15, 0.2) is 0 Å². The molecule has 0 aliphatic heterocycles. The fourth-order valence-electron chi connectivity index (χ4n) is 2.85. The second kappa shape index (κ2) is 6.90. The summed E-state index contributed by atoms with van der Waals surface area (Å²) in [6, 6.07) is 0. The fourth-order valence-corrected chi connectivity index (χ4v) is 2.85. The second-order valence-electron chi connectivity index (χ2n) is 6.75. The molecule has 1 atom stereocenters. The number of ether oxygens (including phenoxy) is 1. The summed E-state index contributed by atoms with van der Waals surface area (Å²) in [5, 5.41) is 3.30. The number of hydrogen-bond acceptors (Lipinski definition) is 4. The van der Waals surface area contributed by atoms with Crippen molar-refractivity contribution in [1.82, 2.24) is 10.2 Å². The largest absolute Gasteiger partial charge is 0.468 e. The Kier molecular flexibility index (Phi) is 5.44. The SMILES string of the molecule is CCNC(C)(CCN(CC1CC1)CC1CC1)C(=O)OC. The van der Waals surface area contributed by atoms with Gasteiger partial charge in [0.25, 0.3) is 0 Å². The summed E-state index contributed by atoms with van der Waals surface area (Å²) in [6.45, 7) is 8.23. The Morgan fingerprint density at radius 1 is 1.25 bits per heavy atom. The van der Waals surface area contributed by atoms with E-state index in [1.807, 2.05) is 13.8 Å². The summed E-state index contributed by atoms with van der Waals surface area (Å²) in [5.74, 6) is 1.69. The van der Waals surface area contributed by atoms with Crippen molar-refractivity contribution in [3.8, 4) is 0 Å². The van der Waals surface area contributed by atoms with E-state index in [0.29, 0.717) is 0 Å². The van der Waals surface area contributed by atoms with Crippen molar-refractivity contribution >= 4 is 5.97 Å². The standard InChI is InChI=1S/C16H30N2O2/c1-4-17-16(2,15(19)20-3)9-10-18(11-13-5-6-13)12-14-7-8-14/h13-14,17H,4-12H2,1-3H3. The number of hydrogen-bond donors (Lipinski definition) is 1. The molecule has 0 aromatic rings. The molecule has 4 nitrogen and oxygen atoms in total. The van der Waals surface area contributed by atoms with E-state index in [9.17, 15) is 4.79 Å². The smallest absolute Gasteiger partial charge is 0.325 e. The van der Waals surface area contributed by atoms with Crippen LogP contribution in [0.15, 0.2) is 0 Å². The lowest BCUT2D eigenvalue weighted by Crippen LogP contribution is -2.52. The number of likely N-dealkylation sites (N-methyl/N-ethyl adjacent to an activating group) is 1. The van der Waals surface area contributed by atoms with Crippen LogP contribution in [0.2, 0.25) is 0 Å². The molecule has 1 N–H and O–H groups in total. The van der Waals surface area contributed by atoms with Gasteiger partial charge in [-0.1, -0.05) is 6.92 Å². The van der Waals surface area contributed by atoms with Gasteiger partial charge in [0.2, 0.25) is 0 Å². The zero-order valence-electron chi connectivity index (χ0n) is 13.3. The molecule has 0 radical (unpaired) electrons. The van der Waals surface area contributed by atoms with Crippen molar-refractivity contribution in [2.75, 3.05) is 33.3 Å². The topological polar surface area (TPSA) is 41.6 Å². The molecular formula is C16H30N2O2. The molecule has 20 heavy (non-hydrogen) atoms. The Hall–Kier alpha value is -0.610. The molecule has 2 rings (SSSR count). The Bertz CT molecular complexity index is 312. The molecule has 0 aromatic carbocycles. The van der Waals surface area contributed by atoms with Crippen LogP contribution in [-0.2, 0) is 9.53 Å².